The fraction of sp³-hybridized carbons (Fsp3) is 0.750. The van der Waals surface area contributed by atoms with Gasteiger partial charge < -0.3 is 4.79 Å². The van der Waals surface area contributed by atoms with Crippen molar-refractivity contribution >= 4 is 87.2 Å². The number of hydrogen-bond donors (Lipinski definition) is 0. The van der Waals surface area contributed by atoms with E-state index in [1.165, 1.54) is 0 Å². The van der Waals surface area contributed by atoms with Crippen molar-refractivity contribution in [3.63, 3.8) is 0 Å². The van der Waals surface area contributed by atoms with E-state index in [2.05, 4.69) is 0 Å². The standard InChI is InChI=1S/C4H8O.K.Na.2H/c1-2-3-4-5;;;;/h4H,2-3H2,1H3;;;;. The van der Waals surface area contributed by atoms with Gasteiger partial charge in [0, 0.05) is 6.42 Å². The van der Waals surface area contributed by atoms with Crippen LogP contribution in [0.4, 0.5) is 0 Å². The Hall–Kier alpha value is 2.31. The number of carbonyl (C=O) groups excluding carboxylic acids is 1. The van der Waals surface area contributed by atoms with Crippen LogP contribution in [-0.2, 0) is 4.79 Å². The second kappa shape index (κ2) is 15.7. The maximum atomic E-state index is 9.40. The van der Waals surface area contributed by atoms with Crippen molar-refractivity contribution in [2.24, 2.45) is 0 Å². The number of unbranched alkanes of at least 4 members (excludes halogenated alkanes) is 1. The van der Waals surface area contributed by atoms with E-state index in [0.29, 0.717) is 6.42 Å². The summed E-state index contributed by atoms with van der Waals surface area (Å²) in [6.07, 6.45) is 2.61. The molecule has 0 amide bonds. The normalized spacial score (nSPS) is 5.29. The number of carbonyl (C=O) groups is 1. The molecule has 0 heterocycles. The van der Waals surface area contributed by atoms with Gasteiger partial charge in [0.15, 0.2) is 0 Å². The predicted molar refractivity (Wildman–Crippen MR) is 35.3 cm³/mol. The first kappa shape index (κ1) is 16.1. The topological polar surface area (TPSA) is 17.1 Å². The van der Waals surface area contributed by atoms with Crippen LogP contribution in [-0.4, -0.2) is 87.2 Å². The molecule has 0 aromatic rings. The van der Waals surface area contributed by atoms with E-state index in [0.717, 1.165) is 12.7 Å². The summed E-state index contributed by atoms with van der Waals surface area (Å²) < 4.78 is 0. The molecule has 0 saturated heterocycles. The van der Waals surface area contributed by atoms with Gasteiger partial charge in [-0.1, -0.05) is 6.92 Å². The molecule has 0 radical (unpaired) electrons. The fourth-order valence-corrected chi connectivity index (χ4v) is 0.118. The second-order valence-corrected chi connectivity index (χ2v) is 0.955. The summed E-state index contributed by atoms with van der Waals surface area (Å²) in [6, 6.07) is 0. The summed E-state index contributed by atoms with van der Waals surface area (Å²) in [5.74, 6) is 0. The monoisotopic (exact) mass is 136 g/mol. The third-order valence-electron chi connectivity index (χ3n) is 0.407. The van der Waals surface area contributed by atoms with Crippen molar-refractivity contribution in [2.45, 2.75) is 19.8 Å². The van der Waals surface area contributed by atoms with Crippen LogP contribution in [0.3, 0.4) is 0 Å². The van der Waals surface area contributed by atoms with E-state index >= 15 is 0 Å². The minimum absolute atomic E-state index is 0. The van der Waals surface area contributed by atoms with E-state index < -0.39 is 0 Å². The molecule has 0 aliphatic carbocycles. The third-order valence-corrected chi connectivity index (χ3v) is 0.407. The first-order valence-corrected chi connectivity index (χ1v) is 1.85. The fourth-order valence-electron chi connectivity index (χ4n) is 0.118. The molecule has 0 aliphatic heterocycles. The molecule has 0 fully saturated rings. The average molecular weight is 136 g/mol. The van der Waals surface area contributed by atoms with Gasteiger partial charge in [0.05, 0.1) is 0 Å². The second-order valence-electron chi connectivity index (χ2n) is 0.955. The molecular formula is C4H10KNaO. The van der Waals surface area contributed by atoms with Crippen molar-refractivity contribution < 1.29 is 4.79 Å². The summed E-state index contributed by atoms with van der Waals surface area (Å²) in [6.45, 7) is 1.98. The molecule has 0 aromatic heterocycles. The van der Waals surface area contributed by atoms with E-state index in [-0.39, 0.29) is 80.9 Å². The Balaban J connectivity index is -0.0000000800. The average Bonchev–Trinajstić information content (AvgIpc) is 1.41. The van der Waals surface area contributed by atoms with Crippen LogP contribution >= 0.6 is 0 Å². The molecule has 1 nitrogen and oxygen atoms in total. The van der Waals surface area contributed by atoms with E-state index in [1.807, 2.05) is 6.92 Å². The number of aldehydes is 1. The van der Waals surface area contributed by atoms with Crippen molar-refractivity contribution in [3.05, 3.63) is 0 Å². The summed E-state index contributed by atoms with van der Waals surface area (Å²) in [5.41, 5.74) is 0. The zero-order chi connectivity index (χ0) is 4.12. The van der Waals surface area contributed by atoms with Gasteiger partial charge in [-0.3, -0.25) is 0 Å². The molecule has 0 aromatic carbocycles. The Labute approximate surface area is 109 Å². The van der Waals surface area contributed by atoms with Crippen LogP contribution in [0.15, 0.2) is 0 Å². The van der Waals surface area contributed by atoms with Crippen LogP contribution in [0.2, 0.25) is 0 Å². The van der Waals surface area contributed by atoms with Crippen LogP contribution in [0, 0.1) is 0 Å². The van der Waals surface area contributed by atoms with Gasteiger partial charge in [-0.15, -0.1) is 0 Å². The number of rotatable bonds is 2. The quantitative estimate of drug-likeness (QED) is 0.376. The van der Waals surface area contributed by atoms with E-state index in [4.69, 9.17) is 0 Å². The molecule has 0 rings (SSSR count). The van der Waals surface area contributed by atoms with Gasteiger partial charge in [0.1, 0.15) is 6.29 Å². The molecule has 0 bridgehead atoms. The van der Waals surface area contributed by atoms with Gasteiger partial charge in [0.25, 0.3) is 0 Å². The van der Waals surface area contributed by atoms with Gasteiger partial charge in [-0.2, -0.15) is 0 Å². The number of hydrogen-bond acceptors (Lipinski definition) is 1. The van der Waals surface area contributed by atoms with Crippen LogP contribution in [0.25, 0.3) is 0 Å². The van der Waals surface area contributed by atoms with Gasteiger partial charge in [0.2, 0.25) is 0 Å². The SMILES string of the molecule is CCCC=O.[KH].[NaH]. The third kappa shape index (κ3) is 17.8. The van der Waals surface area contributed by atoms with Gasteiger partial charge in [-0.05, 0) is 6.42 Å². The maximum absolute atomic E-state index is 9.40. The summed E-state index contributed by atoms with van der Waals surface area (Å²) >= 11 is 0. The Morgan fingerprint density at radius 1 is 1.57 bits per heavy atom. The molecule has 0 N–H and O–H groups in total. The van der Waals surface area contributed by atoms with Crippen LogP contribution < -0.4 is 0 Å². The Morgan fingerprint density at radius 2 is 2.00 bits per heavy atom. The molecule has 3 heteroatoms. The molecule has 34 valence electrons. The molecule has 0 saturated carbocycles. The molecule has 0 aliphatic rings. The van der Waals surface area contributed by atoms with Gasteiger partial charge in [-0.25, -0.2) is 0 Å². The molecular weight excluding hydrogens is 126 g/mol. The van der Waals surface area contributed by atoms with Crippen molar-refractivity contribution in [3.8, 4) is 0 Å². The van der Waals surface area contributed by atoms with E-state index in [1.54, 1.807) is 0 Å². The Kier molecular flexibility index (Phi) is 36.3. The first-order valence-electron chi connectivity index (χ1n) is 1.85. The molecule has 7 heavy (non-hydrogen) atoms. The Morgan fingerprint density at radius 3 is 2.00 bits per heavy atom. The van der Waals surface area contributed by atoms with Crippen molar-refractivity contribution in [2.75, 3.05) is 0 Å². The Bertz CT molecular complexity index is 32.9. The first-order chi connectivity index (χ1) is 2.41. The van der Waals surface area contributed by atoms with E-state index in [9.17, 15) is 4.79 Å². The van der Waals surface area contributed by atoms with Crippen LogP contribution in [0.5, 0.6) is 0 Å². The molecule has 0 atom stereocenters. The summed E-state index contributed by atoms with van der Waals surface area (Å²) in [4.78, 5) is 9.40. The predicted octanol–water partition coefficient (Wildman–Crippen LogP) is -0.312. The van der Waals surface area contributed by atoms with Crippen molar-refractivity contribution in [1.82, 2.24) is 0 Å². The zero-order valence-electron chi connectivity index (χ0n) is 3.40. The summed E-state index contributed by atoms with van der Waals surface area (Å²) in [5, 5.41) is 0. The van der Waals surface area contributed by atoms with Crippen LogP contribution in [0.1, 0.15) is 19.8 Å². The summed E-state index contributed by atoms with van der Waals surface area (Å²) in [7, 11) is 0. The molecule has 0 spiro atoms. The van der Waals surface area contributed by atoms with Gasteiger partial charge >= 0.3 is 80.9 Å². The molecule has 0 unspecified atom stereocenters. The minimum atomic E-state index is 0. The van der Waals surface area contributed by atoms with Crippen molar-refractivity contribution in [1.29, 1.82) is 0 Å². The zero-order valence-corrected chi connectivity index (χ0v) is 3.40.